The normalized spacial score (nSPS) is 19.1. The van der Waals surface area contributed by atoms with E-state index in [1.807, 2.05) is 60.3 Å². The lowest BCUT2D eigenvalue weighted by molar-refractivity contribution is -0.133. The van der Waals surface area contributed by atoms with Crippen molar-refractivity contribution in [3.05, 3.63) is 60.7 Å². The van der Waals surface area contributed by atoms with Crippen LogP contribution in [0.25, 0.3) is 10.8 Å². The van der Waals surface area contributed by atoms with Gasteiger partial charge < -0.3 is 24.8 Å². The number of urea groups is 1. The fourth-order valence-electron chi connectivity index (χ4n) is 8.65. The zero-order chi connectivity index (χ0) is 38.8. The van der Waals surface area contributed by atoms with Crippen molar-refractivity contribution >= 4 is 44.1 Å². The van der Waals surface area contributed by atoms with Gasteiger partial charge in [-0.1, -0.05) is 42.8 Å². The summed E-state index contributed by atoms with van der Waals surface area (Å²) in [5, 5.41) is 5.15. The van der Waals surface area contributed by atoms with E-state index in [2.05, 4.69) is 32.0 Å². The minimum atomic E-state index is -3.62. The molecule has 12 nitrogen and oxygen atoms in total. The number of hydrogen-bond acceptors (Lipinski definition) is 9. The van der Waals surface area contributed by atoms with Crippen LogP contribution in [0.15, 0.2) is 65.6 Å². The average molecular weight is 776 g/mol. The third-order valence-electron chi connectivity index (χ3n) is 11.6. The van der Waals surface area contributed by atoms with Gasteiger partial charge in [0, 0.05) is 76.4 Å². The molecule has 13 heteroatoms. The van der Waals surface area contributed by atoms with Gasteiger partial charge in [-0.25, -0.2) is 17.9 Å². The molecule has 3 heterocycles. The minimum Gasteiger partial charge on any atom is -0.495 e. The van der Waals surface area contributed by atoms with Gasteiger partial charge in [0.2, 0.25) is 10.0 Å². The predicted molar refractivity (Wildman–Crippen MR) is 221 cm³/mol. The number of anilines is 2. The second-order valence-electron chi connectivity index (χ2n) is 15.4. The lowest BCUT2D eigenvalue weighted by Gasteiger charge is -2.36. The fraction of sp³-hybridized carbons (Fsp3) is 0.571. The van der Waals surface area contributed by atoms with Crippen molar-refractivity contribution in [2.24, 2.45) is 0 Å². The summed E-state index contributed by atoms with van der Waals surface area (Å²) < 4.78 is 34.7. The molecule has 3 aromatic carbocycles. The summed E-state index contributed by atoms with van der Waals surface area (Å²) in [7, 11) is 2.00. The third kappa shape index (κ3) is 9.39. The quantitative estimate of drug-likeness (QED) is 0.107. The number of amides is 3. The van der Waals surface area contributed by atoms with Crippen molar-refractivity contribution in [2.75, 3.05) is 96.5 Å². The van der Waals surface area contributed by atoms with E-state index in [-0.39, 0.29) is 11.9 Å². The molecule has 0 radical (unpaired) electrons. The van der Waals surface area contributed by atoms with Gasteiger partial charge in [-0.05, 0) is 102 Å². The monoisotopic (exact) mass is 775 g/mol. The zero-order valence-electron chi connectivity index (χ0n) is 33.1. The number of nitrogens with zero attached hydrogens (tertiary/aromatic N) is 5. The van der Waals surface area contributed by atoms with E-state index in [9.17, 15) is 18.0 Å². The summed E-state index contributed by atoms with van der Waals surface area (Å²) in [6, 6.07) is 19.3. The number of hydrogen-bond donors (Lipinski definition) is 2. The van der Waals surface area contributed by atoms with Crippen LogP contribution in [0.1, 0.15) is 64.2 Å². The topological polar surface area (TPSA) is 118 Å². The molecule has 300 valence electrons. The number of para-hydroxylation sites is 2. The van der Waals surface area contributed by atoms with Crippen LogP contribution in [0.4, 0.5) is 16.2 Å². The van der Waals surface area contributed by atoms with Gasteiger partial charge in [-0.3, -0.25) is 14.6 Å². The number of sulfonamides is 1. The Bertz CT molecular complexity index is 1870. The second kappa shape index (κ2) is 18.8. The Morgan fingerprint density at radius 3 is 2.25 bits per heavy atom. The second-order valence-corrected chi connectivity index (χ2v) is 17.2. The first-order valence-electron chi connectivity index (χ1n) is 20.3. The first-order valence-corrected chi connectivity index (χ1v) is 21.8. The number of nitrogens with one attached hydrogen (secondary N) is 2. The third-order valence-corrected chi connectivity index (χ3v) is 13.2. The van der Waals surface area contributed by atoms with E-state index in [4.69, 9.17) is 4.74 Å². The number of rotatable bonds is 21. The maximum absolute atomic E-state index is 13.7. The lowest BCUT2D eigenvalue weighted by atomic mass is 9.89. The molecule has 1 unspecified atom stereocenters. The Kier molecular flexibility index (Phi) is 13.9. The van der Waals surface area contributed by atoms with Crippen LogP contribution in [0.2, 0.25) is 0 Å². The number of unbranched alkanes of at least 4 members (excludes halogenated alkanes) is 4. The number of methoxy groups -OCH3 is 1. The number of benzene rings is 3. The summed E-state index contributed by atoms with van der Waals surface area (Å²) in [5.41, 5.74) is 1.48. The van der Waals surface area contributed by atoms with Crippen LogP contribution < -0.4 is 24.6 Å². The number of ether oxygens (including phenoxy) is 1. The SMILES string of the molecule is COc1ccccc1N1CCN(CCCCN2C(=O)N3CCCC3(CCCCNCCCCCNS(=O)(=O)c3cccc4c(N(C)C)cccc34)C2=O)CC1. The summed E-state index contributed by atoms with van der Waals surface area (Å²) in [5.74, 6) is 0.927. The molecule has 0 aliphatic carbocycles. The highest BCUT2D eigenvalue weighted by Gasteiger charge is 2.58. The zero-order valence-corrected chi connectivity index (χ0v) is 33.9. The lowest BCUT2D eigenvalue weighted by Crippen LogP contribution is -2.46. The Hall–Kier alpha value is -3.91. The largest absolute Gasteiger partial charge is 0.495 e. The Labute approximate surface area is 328 Å². The number of imide groups is 1. The molecule has 3 aromatic rings. The summed E-state index contributed by atoms with van der Waals surface area (Å²) >= 11 is 0. The van der Waals surface area contributed by atoms with E-state index in [0.717, 1.165) is 138 Å². The molecule has 0 bridgehead atoms. The Morgan fingerprint density at radius 1 is 0.764 bits per heavy atom. The van der Waals surface area contributed by atoms with Crippen molar-refractivity contribution < 1.29 is 22.7 Å². The van der Waals surface area contributed by atoms with E-state index in [1.54, 1.807) is 24.1 Å². The summed E-state index contributed by atoms with van der Waals surface area (Å²) in [6.45, 7) is 8.15. The van der Waals surface area contributed by atoms with Crippen LogP contribution in [-0.4, -0.2) is 127 Å². The Morgan fingerprint density at radius 2 is 1.47 bits per heavy atom. The molecule has 0 spiro atoms. The van der Waals surface area contributed by atoms with Gasteiger partial charge in [-0.2, -0.15) is 0 Å². The van der Waals surface area contributed by atoms with Crippen LogP contribution in [0, 0.1) is 0 Å². The minimum absolute atomic E-state index is 0.0165. The molecule has 6 rings (SSSR count). The molecule has 0 saturated carbocycles. The number of carbonyl (C=O) groups excluding carboxylic acids is 2. The van der Waals surface area contributed by atoms with Gasteiger partial charge >= 0.3 is 6.03 Å². The average Bonchev–Trinajstić information content (AvgIpc) is 3.71. The van der Waals surface area contributed by atoms with Crippen LogP contribution >= 0.6 is 0 Å². The van der Waals surface area contributed by atoms with Crippen LogP contribution in [0.3, 0.4) is 0 Å². The van der Waals surface area contributed by atoms with Crippen LogP contribution in [-0.2, 0) is 14.8 Å². The standard InChI is InChI=1S/C42H61N7O5S/c1-45(2)36-19-13-17-35-34(36)16-14-21-39(35)55(52,53)44-26-9-4-8-24-43-25-10-7-22-42-23-15-29-49(42)41(51)48(40(42)50)28-12-11-27-46-30-32-47(33-31-46)37-18-5-6-20-38(37)54-3/h5-6,13-14,16-21,43-44H,4,7-12,15,22-33H2,1-3H3. The summed E-state index contributed by atoms with van der Waals surface area (Å²) in [4.78, 5) is 37.7. The van der Waals surface area contributed by atoms with E-state index in [1.165, 1.54) is 0 Å². The van der Waals surface area contributed by atoms with Gasteiger partial charge in [0.15, 0.2) is 0 Å². The summed E-state index contributed by atoms with van der Waals surface area (Å²) in [6.07, 6.45) is 8.64. The van der Waals surface area contributed by atoms with E-state index in [0.29, 0.717) is 24.5 Å². The molecule has 3 aliphatic rings. The van der Waals surface area contributed by atoms with Crippen molar-refractivity contribution in [3.8, 4) is 5.75 Å². The molecular formula is C42H61N7O5S. The van der Waals surface area contributed by atoms with Gasteiger partial charge in [-0.15, -0.1) is 0 Å². The number of fused-ring (bicyclic) bond motifs is 2. The first kappa shape index (κ1) is 40.7. The molecule has 55 heavy (non-hydrogen) atoms. The molecule has 0 aromatic heterocycles. The van der Waals surface area contributed by atoms with Gasteiger partial charge in [0.1, 0.15) is 11.3 Å². The molecule has 3 aliphatic heterocycles. The number of piperazine rings is 1. The smallest absolute Gasteiger partial charge is 0.327 e. The highest BCUT2D eigenvalue weighted by atomic mass is 32.2. The molecule has 3 fully saturated rings. The maximum Gasteiger partial charge on any atom is 0.327 e. The van der Waals surface area contributed by atoms with Crippen molar-refractivity contribution in [1.29, 1.82) is 0 Å². The van der Waals surface area contributed by atoms with Crippen LogP contribution in [0.5, 0.6) is 5.75 Å². The fourth-order valence-corrected chi connectivity index (χ4v) is 9.95. The molecular weight excluding hydrogens is 715 g/mol. The number of carbonyl (C=O) groups is 2. The van der Waals surface area contributed by atoms with Crippen molar-refractivity contribution in [1.82, 2.24) is 24.7 Å². The first-order chi connectivity index (χ1) is 26.7. The molecule has 1 atom stereocenters. The molecule has 3 saturated heterocycles. The Balaban J connectivity index is 0.837. The highest BCUT2D eigenvalue weighted by Crippen LogP contribution is 2.41. The van der Waals surface area contributed by atoms with E-state index < -0.39 is 15.6 Å². The van der Waals surface area contributed by atoms with E-state index >= 15 is 0 Å². The van der Waals surface area contributed by atoms with Crippen molar-refractivity contribution in [3.63, 3.8) is 0 Å². The predicted octanol–water partition coefficient (Wildman–Crippen LogP) is 5.52. The van der Waals surface area contributed by atoms with Gasteiger partial charge in [0.05, 0.1) is 17.7 Å². The van der Waals surface area contributed by atoms with Crippen molar-refractivity contribution in [2.45, 2.75) is 74.6 Å². The molecule has 3 amide bonds. The molecule has 2 N–H and O–H groups in total. The maximum atomic E-state index is 13.7. The highest BCUT2D eigenvalue weighted by molar-refractivity contribution is 7.89. The van der Waals surface area contributed by atoms with Gasteiger partial charge in [0.25, 0.3) is 5.91 Å².